The minimum absolute atomic E-state index is 0.00247. The largest absolute Gasteiger partial charge is 0.480 e. The first-order valence-electron chi connectivity index (χ1n) is 8.02. The van der Waals surface area contributed by atoms with Crippen molar-refractivity contribution in [2.45, 2.75) is 31.7 Å². The number of aliphatic hydroxyl groups is 1. The highest BCUT2D eigenvalue weighted by Gasteiger charge is 2.31. The van der Waals surface area contributed by atoms with Crippen molar-refractivity contribution in [3.05, 3.63) is 70.8 Å². The van der Waals surface area contributed by atoms with Gasteiger partial charge in [-0.1, -0.05) is 42.0 Å². The molecule has 27 heavy (non-hydrogen) atoms. The number of carboxylic acids is 1. The summed E-state index contributed by atoms with van der Waals surface area (Å²) >= 11 is 0. The maximum atomic E-state index is 12.6. The van der Waals surface area contributed by atoms with Gasteiger partial charge in [-0.3, -0.25) is 4.79 Å². The van der Waals surface area contributed by atoms with Crippen molar-refractivity contribution in [1.82, 2.24) is 5.32 Å². The first kappa shape index (κ1) is 20.4. The van der Waals surface area contributed by atoms with Gasteiger partial charge in [-0.25, -0.2) is 4.79 Å². The molecule has 0 radical (unpaired) electrons. The van der Waals surface area contributed by atoms with Gasteiger partial charge in [-0.2, -0.15) is 13.2 Å². The number of carbonyl (C=O) groups excluding carboxylic acids is 1. The average molecular weight is 381 g/mol. The van der Waals surface area contributed by atoms with E-state index in [0.717, 1.165) is 29.8 Å². The van der Waals surface area contributed by atoms with Gasteiger partial charge in [-0.15, -0.1) is 0 Å². The predicted molar refractivity (Wildman–Crippen MR) is 90.9 cm³/mol. The van der Waals surface area contributed by atoms with Gasteiger partial charge in [0.25, 0.3) is 5.91 Å². The van der Waals surface area contributed by atoms with Crippen LogP contribution in [-0.2, 0) is 22.2 Å². The lowest BCUT2D eigenvalue weighted by Crippen LogP contribution is -2.44. The number of rotatable bonds is 6. The molecular weight excluding hydrogens is 363 g/mol. The Kier molecular flexibility index (Phi) is 6.22. The monoisotopic (exact) mass is 381 g/mol. The fourth-order valence-corrected chi connectivity index (χ4v) is 2.53. The Morgan fingerprint density at radius 1 is 1.11 bits per heavy atom. The van der Waals surface area contributed by atoms with Gasteiger partial charge < -0.3 is 15.5 Å². The van der Waals surface area contributed by atoms with Crippen molar-refractivity contribution in [2.75, 3.05) is 0 Å². The van der Waals surface area contributed by atoms with E-state index in [0.29, 0.717) is 5.56 Å². The van der Waals surface area contributed by atoms with E-state index in [-0.39, 0.29) is 12.0 Å². The molecule has 1 amide bonds. The lowest BCUT2D eigenvalue weighted by molar-refractivity contribution is -0.143. The first-order valence-corrected chi connectivity index (χ1v) is 8.02. The highest BCUT2D eigenvalue weighted by atomic mass is 19.4. The van der Waals surface area contributed by atoms with Gasteiger partial charge >= 0.3 is 12.1 Å². The first-order chi connectivity index (χ1) is 12.6. The highest BCUT2D eigenvalue weighted by molar-refractivity contribution is 5.87. The van der Waals surface area contributed by atoms with Crippen molar-refractivity contribution in [3.8, 4) is 0 Å². The molecule has 0 saturated carbocycles. The van der Waals surface area contributed by atoms with Gasteiger partial charge in [0.15, 0.2) is 6.10 Å². The number of hydrogen-bond acceptors (Lipinski definition) is 3. The van der Waals surface area contributed by atoms with Crippen molar-refractivity contribution >= 4 is 11.9 Å². The van der Waals surface area contributed by atoms with E-state index >= 15 is 0 Å². The SMILES string of the molecule is Cc1cccc(C[C@H](NC(=O)[C@H](O)c2ccc(C(F)(F)F)cc2)C(=O)O)c1. The smallest absolute Gasteiger partial charge is 0.416 e. The van der Waals surface area contributed by atoms with Gasteiger partial charge in [0.05, 0.1) is 5.56 Å². The van der Waals surface area contributed by atoms with Gasteiger partial charge in [0, 0.05) is 6.42 Å². The molecular formula is C19H18F3NO4. The quantitative estimate of drug-likeness (QED) is 0.718. The summed E-state index contributed by atoms with van der Waals surface area (Å²) in [5, 5.41) is 21.6. The summed E-state index contributed by atoms with van der Waals surface area (Å²) in [6, 6.07) is 9.22. The Labute approximate surface area is 153 Å². The molecule has 2 aromatic rings. The van der Waals surface area contributed by atoms with E-state index in [1.165, 1.54) is 0 Å². The van der Waals surface area contributed by atoms with Crippen LogP contribution in [0.2, 0.25) is 0 Å². The number of aryl methyl sites for hydroxylation is 1. The zero-order valence-corrected chi connectivity index (χ0v) is 14.3. The molecule has 0 aliphatic heterocycles. The number of benzene rings is 2. The second kappa shape index (κ2) is 8.22. The number of carbonyl (C=O) groups is 2. The molecule has 0 heterocycles. The normalized spacial score (nSPS) is 13.7. The summed E-state index contributed by atoms with van der Waals surface area (Å²) in [4.78, 5) is 23.6. The molecule has 2 aromatic carbocycles. The highest BCUT2D eigenvalue weighted by Crippen LogP contribution is 2.30. The summed E-state index contributed by atoms with van der Waals surface area (Å²) in [5.41, 5.74) is 0.626. The topological polar surface area (TPSA) is 86.6 Å². The Hall–Kier alpha value is -2.87. The molecule has 8 heteroatoms. The summed E-state index contributed by atoms with van der Waals surface area (Å²) < 4.78 is 37.7. The van der Waals surface area contributed by atoms with Crippen LogP contribution in [0, 0.1) is 6.92 Å². The number of halogens is 3. The molecule has 3 N–H and O–H groups in total. The second-order valence-electron chi connectivity index (χ2n) is 6.11. The fourth-order valence-electron chi connectivity index (χ4n) is 2.53. The lowest BCUT2D eigenvalue weighted by atomic mass is 10.0. The van der Waals surface area contributed by atoms with Crippen LogP contribution in [0.15, 0.2) is 48.5 Å². The average Bonchev–Trinajstić information content (AvgIpc) is 2.59. The van der Waals surface area contributed by atoms with E-state index in [9.17, 15) is 33.0 Å². The summed E-state index contributed by atoms with van der Waals surface area (Å²) in [7, 11) is 0. The predicted octanol–water partition coefficient (Wildman–Crippen LogP) is 2.86. The molecule has 0 unspecified atom stereocenters. The van der Waals surface area contributed by atoms with Crippen LogP contribution in [0.5, 0.6) is 0 Å². The van der Waals surface area contributed by atoms with E-state index in [2.05, 4.69) is 5.32 Å². The van der Waals surface area contributed by atoms with Crippen LogP contribution in [0.1, 0.15) is 28.4 Å². The Balaban J connectivity index is 2.09. The zero-order chi connectivity index (χ0) is 20.2. The third-order valence-corrected chi connectivity index (χ3v) is 3.94. The molecule has 0 aliphatic rings. The van der Waals surface area contributed by atoms with Crippen LogP contribution >= 0.6 is 0 Å². The maximum absolute atomic E-state index is 12.6. The number of amides is 1. The van der Waals surface area contributed by atoms with Crippen molar-refractivity contribution in [3.63, 3.8) is 0 Å². The van der Waals surface area contributed by atoms with E-state index < -0.39 is 35.8 Å². The minimum atomic E-state index is -4.53. The van der Waals surface area contributed by atoms with Crippen molar-refractivity contribution < 1.29 is 33.0 Å². The minimum Gasteiger partial charge on any atom is -0.480 e. The van der Waals surface area contributed by atoms with Gasteiger partial charge in [-0.05, 0) is 30.2 Å². The number of aliphatic carboxylic acids is 1. The van der Waals surface area contributed by atoms with Crippen molar-refractivity contribution in [2.24, 2.45) is 0 Å². The Morgan fingerprint density at radius 3 is 2.26 bits per heavy atom. The van der Waals surface area contributed by atoms with E-state index in [4.69, 9.17) is 0 Å². The van der Waals surface area contributed by atoms with E-state index in [1.807, 2.05) is 13.0 Å². The van der Waals surface area contributed by atoms with Gasteiger partial charge in [0.2, 0.25) is 0 Å². The third-order valence-electron chi connectivity index (χ3n) is 3.94. The molecule has 0 bridgehead atoms. The molecule has 0 aromatic heterocycles. The van der Waals surface area contributed by atoms with Crippen LogP contribution in [0.3, 0.4) is 0 Å². The molecule has 144 valence electrons. The number of hydrogen-bond donors (Lipinski definition) is 3. The van der Waals surface area contributed by atoms with Crippen molar-refractivity contribution in [1.29, 1.82) is 0 Å². The molecule has 0 aliphatic carbocycles. The standard InChI is InChI=1S/C19H18F3NO4/c1-11-3-2-4-12(9-11)10-15(18(26)27)23-17(25)16(24)13-5-7-14(8-6-13)19(20,21)22/h2-9,15-16,24H,10H2,1H3,(H,23,25)(H,26,27)/t15-,16+/m0/s1. The zero-order valence-electron chi connectivity index (χ0n) is 14.3. The maximum Gasteiger partial charge on any atom is 0.416 e. The molecule has 2 rings (SSSR count). The summed E-state index contributed by atoms with van der Waals surface area (Å²) in [6.07, 6.45) is -6.32. The molecule has 0 fully saturated rings. The Morgan fingerprint density at radius 2 is 1.74 bits per heavy atom. The summed E-state index contributed by atoms with van der Waals surface area (Å²) in [5.74, 6) is -2.29. The van der Waals surface area contributed by atoms with E-state index in [1.54, 1.807) is 18.2 Å². The molecule has 5 nitrogen and oxygen atoms in total. The third kappa shape index (κ3) is 5.55. The van der Waals surface area contributed by atoms with Crippen LogP contribution in [-0.4, -0.2) is 28.1 Å². The lowest BCUT2D eigenvalue weighted by Gasteiger charge is -2.18. The molecule has 2 atom stereocenters. The number of carboxylic acid groups (broad SMARTS) is 1. The second-order valence-corrected chi connectivity index (χ2v) is 6.11. The molecule has 0 saturated heterocycles. The van der Waals surface area contributed by atoms with Crippen LogP contribution in [0.4, 0.5) is 13.2 Å². The Bertz CT molecular complexity index is 818. The molecule has 0 spiro atoms. The number of aliphatic hydroxyl groups excluding tert-OH is 1. The fraction of sp³-hybridized carbons (Fsp3) is 0.263. The van der Waals surface area contributed by atoms with Crippen LogP contribution in [0.25, 0.3) is 0 Å². The number of nitrogens with one attached hydrogen (secondary N) is 1. The summed E-state index contributed by atoms with van der Waals surface area (Å²) in [6.45, 7) is 1.84. The number of alkyl halides is 3. The van der Waals surface area contributed by atoms with Gasteiger partial charge in [0.1, 0.15) is 6.04 Å². The van der Waals surface area contributed by atoms with Crippen LogP contribution < -0.4 is 5.32 Å².